The molecule has 0 atom stereocenters. The summed E-state index contributed by atoms with van der Waals surface area (Å²) in [5.41, 5.74) is 9.49. The van der Waals surface area contributed by atoms with Crippen LogP contribution in [-0.4, -0.2) is 22.3 Å². The fourth-order valence-corrected chi connectivity index (χ4v) is 2.80. The Morgan fingerprint density at radius 1 is 1.10 bits per heavy atom. The first-order chi connectivity index (χ1) is 9.81. The first-order valence-electron chi connectivity index (χ1n) is 7.39. The van der Waals surface area contributed by atoms with Crippen LogP contribution in [0.5, 0.6) is 0 Å². The van der Waals surface area contributed by atoms with E-state index in [4.69, 9.17) is 5.73 Å². The molecule has 0 spiro atoms. The van der Waals surface area contributed by atoms with Crippen LogP contribution < -0.4 is 11.1 Å². The van der Waals surface area contributed by atoms with Crippen LogP contribution >= 0.6 is 0 Å². The van der Waals surface area contributed by atoms with Crippen molar-refractivity contribution < 1.29 is 0 Å². The molecule has 4 heteroatoms. The Bertz CT molecular complexity index is 510. The number of nitrogens with two attached hydrogens (primary N) is 1. The van der Waals surface area contributed by atoms with E-state index in [1.165, 1.54) is 24.0 Å². The molecule has 1 aromatic carbocycles. The van der Waals surface area contributed by atoms with Crippen molar-refractivity contribution in [1.29, 1.82) is 0 Å². The molecule has 0 unspecified atom stereocenters. The van der Waals surface area contributed by atoms with Crippen molar-refractivity contribution >= 4 is 0 Å². The summed E-state index contributed by atoms with van der Waals surface area (Å²) in [4.78, 5) is 0. The second kappa shape index (κ2) is 6.20. The predicted molar refractivity (Wildman–Crippen MR) is 81.1 cm³/mol. The van der Waals surface area contributed by atoms with Crippen LogP contribution in [0.1, 0.15) is 31.2 Å². The van der Waals surface area contributed by atoms with E-state index >= 15 is 0 Å². The molecule has 0 aliphatic heterocycles. The highest BCUT2D eigenvalue weighted by atomic mass is 15.1. The van der Waals surface area contributed by atoms with Gasteiger partial charge in [-0.3, -0.25) is 5.10 Å². The topological polar surface area (TPSA) is 66.7 Å². The Balaban J connectivity index is 1.53. The largest absolute Gasteiger partial charge is 0.328 e. The van der Waals surface area contributed by atoms with Gasteiger partial charge in [0.15, 0.2) is 0 Å². The lowest BCUT2D eigenvalue weighted by molar-refractivity contribution is 0.342. The smallest absolute Gasteiger partial charge is 0.0650 e. The normalized spacial score (nSPS) is 22.9. The molecular weight excluding hydrogens is 248 g/mol. The highest BCUT2D eigenvalue weighted by molar-refractivity contribution is 5.58. The molecule has 1 aromatic heterocycles. The van der Waals surface area contributed by atoms with Crippen molar-refractivity contribution in [3.63, 3.8) is 0 Å². The SMILES string of the molecule is NC1CCC(NCc2ccc(-c3ccn[nH]3)cc2)CC1. The van der Waals surface area contributed by atoms with Crippen LogP contribution in [-0.2, 0) is 6.54 Å². The fraction of sp³-hybridized carbons (Fsp3) is 0.438. The van der Waals surface area contributed by atoms with Gasteiger partial charge in [-0.15, -0.1) is 0 Å². The summed E-state index contributed by atoms with van der Waals surface area (Å²) in [6, 6.07) is 11.7. The molecule has 20 heavy (non-hydrogen) atoms. The highest BCUT2D eigenvalue weighted by Crippen LogP contribution is 2.19. The van der Waals surface area contributed by atoms with E-state index in [0.29, 0.717) is 12.1 Å². The molecular formula is C16H22N4. The minimum Gasteiger partial charge on any atom is -0.328 e. The van der Waals surface area contributed by atoms with Crippen molar-refractivity contribution in [2.24, 2.45) is 5.73 Å². The second-order valence-corrected chi connectivity index (χ2v) is 5.66. The lowest BCUT2D eigenvalue weighted by Crippen LogP contribution is -2.36. The standard InChI is InChI=1S/C16H22N4/c17-14-5-7-15(8-6-14)18-11-12-1-3-13(4-2-12)16-9-10-19-20-16/h1-4,9-10,14-15,18H,5-8,11,17H2,(H,19,20). The van der Waals surface area contributed by atoms with Crippen molar-refractivity contribution in [2.75, 3.05) is 0 Å². The number of benzene rings is 1. The lowest BCUT2D eigenvalue weighted by Gasteiger charge is -2.27. The van der Waals surface area contributed by atoms with E-state index in [1.54, 1.807) is 6.20 Å². The quantitative estimate of drug-likeness (QED) is 0.799. The summed E-state index contributed by atoms with van der Waals surface area (Å²) in [7, 11) is 0. The summed E-state index contributed by atoms with van der Waals surface area (Å²) in [5.74, 6) is 0. The minimum atomic E-state index is 0.418. The monoisotopic (exact) mass is 270 g/mol. The number of hydrogen-bond donors (Lipinski definition) is 3. The van der Waals surface area contributed by atoms with Crippen LogP contribution in [0.25, 0.3) is 11.3 Å². The Kier molecular flexibility index (Phi) is 4.14. The third-order valence-electron chi connectivity index (χ3n) is 4.13. The van der Waals surface area contributed by atoms with E-state index in [2.05, 4.69) is 39.8 Å². The zero-order valence-electron chi connectivity index (χ0n) is 11.7. The molecule has 0 amide bonds. The van der Waals surface area contributed by atoms with Crippen molar-refractivity contribution in [2.45, 2.75) is 44.3 Å². The maximum atomic E-state index is 5.93. The fourth-order valence-electron chi connectivity index (χ4n) is 2.80. The van der Waals surface area contributed by atoms with Gasteiger partial charge in [-0.05, 0) is 42.9 Å². The van der Waals surface area contributed by atoms with Crippen LogP contribution in [0.15, 0.2) is 36.5 Å². The number of hydrogen-bond acceptors (Lipinski definition) is 3. The maximum absolute atomic E-state index is 5.93. The van der Waals surface area contributed by atoms with E-state index < -0.39 is 0 Å². The molecule has 1 aliphatic rings. The summed E-state index contributed by atoms with van der Waals surface area (Å²) in [6.45, 7) is 0.934. The average molecular weight is 270 g/mol. The number of nitrogens with one attached hydrogen (secondary N) is 2. The van der Waals surface area contributed by atoms with Gasteiger partial charge >= 0.3 is 0 Å². The summed E-state index contributed by atoms with van der Waals surface area (Å²) >= 11 is 0. The lowest BCUT2D eigenvalue weighted by atomic mass is 9.92. The molecule has 0 bridgehead atoms. The maximum Gasteiger partial charge on any atom is 0.0650 e. The number of H-pyrrole nitrogens is 1. The van der Waals surface area contributed by atoms with Crippen LogP contribution in [0.2, 0.25) is 0 Å². The summed E-state index contributed by atoms with van der Waals surface area (Å²) in [5, 5.41) is 10.6. The number of aromatic nitrogens is 2. The van der Waals surface area contributed by atoms with E-state index in [9.17, 15) is 0 Å². The molecule has 4 nitrogen and oxygen atoms in total. The molecule has 1 saturated carbocycles. The molecule has 1 heterocycles. The molecule has 3 rings (SSSR count). The third-order valence-corrected chi connectivity index (χ3v) is 4.13. The van der Waals surface area contributed by atoms with Gasteiger partial charge in [-0.1, -0.05) is 24.3 Å². The van der Waals surface area contributed by atoms with Gasteiger partial charge in [0.2, 0.25) is 0 Å². The third kappa shape index (κ3) is 3.26. The predicted octanol–water partition coefficient (Wildman–Crippen LogP) is 2.44. The first-order valence-corrected chi connectivity index (χ1v) is 7.39. The molecule has 4 N–H and O–H groups in total. The molecule has 106 valence electrons. The number of aromatic amines is 1. The second-order valence-electron chi connectivity index (χ2n) is 5.66. The Labute approximate surface area is 119 Å². The Hall–Kier alpha value is -1.65. The molecule has 1 aliphatic carbocycles. The highest BCUT2D eigenvalue weighted by Gasteiger charge is 2.17. The van der Waals surface area contributed by atoms with E-state index in [1.807, 2.05) is 6.07 Å². The van der Waals surface area contributed by atoms with Gasteiger partial charge in [0.05, 0.1) is 5.69 Å². The molecule has 2 aromatic rings. The molecule has 1 fully saturated rings. The van der Waals surface area contributed by atoms with E-state index in [0.717, 1.165) is 25.1 Å². The summed E-state index contributed by atoms with van der Waals surface area (Å²) < 4.78 is 0. The van der Waals surface area contributed by atoms with Crippen LogP contribution in [0, 0.1) is 0 Å². The number of nitrogens with zero attached hydrogens (tertiary/aromatic N) is 1. The van der Waals surface area contributed by atoms with Crippen LogP contribution in [0.4, 0.5) is 0 Å². The first kappa shape index (κ1) is 13.3. The van der Waals surface area contributed by atoms with Gasteiger partial charge in [0.25, 0.3) is 0 Å². The van der Waals surface area contributed by atoms with Gasteiger partial charge in [-0.2, -0.15) is 5.10 Å². The molecule has 0 saturated heterocycles. The van der Waals surface area contributed by atoms with Crippen molar-refractivity contribution in [3.8, 4) is 11.3 Å². The Morgan fingerprint density at radius 2 is 1.85 bits per heavy atom. The van der Waals surface area contributed by atoms with Crippen molar-refractivity contribution in [1.82, 2.24) is 15.5 Å². The van der Waals surface area contributed by atoms with Gasteiger partial charge in [0.1, 0.15) is 0 Å². The summed E-state index contributed by atoms with van der Waals surface area (Å²) in [6.07, 6.45) is 6.48. The van der Waals surface area contributed by atoms with Gasteiger partial charge in [-0.25, -0.2) is 0 Å². The number of rotatable bonds is 4. The average Bonchev–Trinajstić information content (AvgIpc) is 3.01. The van der Waals surface area contributed by atoms with Gasteiger partial charge < -0.3 is 11.1 Å². The van der Waals surface area contributed by atoms with Gasteiger partial charge in [0, 0.05) is 24.8 Å². The zero-order valence-corrected chi connectivity index (χ0v) is 11.7. The Morgan fingerprint density at radius 3 is 2.50 bits per heavy atom. The van der Waals surface area contributed by atoms with Crippen LogP contribution in [0.3, 0.4) is 0 Å². The van der Waals surface area contributed by atoms with Crippen molar-refractivity contribution in [3.05, 3.63) is 42.1 Å². The molecule has 0 radical (unpaired) electrons. The van der Waals surface area contributed by atoms with E-state index in [-0.39, 0.29) is 0 Å². The minimum absolute atomic E-state index is 0.418. The zero-order chi connectivity index (χ0) is 13.8.